The Hall–Kier alpha value is -3.55. The van der Waals surface area contributed by atoms with Crippen molar-refractivity contribution in [2.45, 2.75) is 19.4 Å². The van der Waals surface area contributed by atoms with Crippen molar-refractivity contribution in [2.75, 3.05) is 27.3 Å². The van der Waals surface area contributed by atoms with Gasteiger partial charge in [0.15, 0.2) is 17.1 Å². The van der Waals surface area contributed by atoms with Gasteiger partial charge in [-0.1, -0.05) is 0 Å². The number of nitrogens with zero attached hydrogens (tertiary/aromatic N) is 4. The Balaban J connectivity index is 1.43. The maximum absolute atomic E-state index is 13.2. The molecule has 8 heteroatoms. The smallest absolute Gasteiger partial charge is 0.270 e. The normalized spacial score (nSPS) is 16.5. The van der Waals surface area contributed by atoms with Gasteiger partial charge in [-0.15, -0.1) is 0 Å². The second-order valence-electron chi connectivity index (χ2n) is 7.51. The summed E-state index contributed by atoms with van der Waals surface area (Å²) < 4.78 is 13.0. The topological polar surface area (TPSA) is 85.3 Å². The number of hydrogen-bond acceptors (Lipinski definition) is 5. The third kappa shape index (κ3) is 2.79. The van der Waals surface area contributed by atoms with Crippen LogP contribution in [-0.4, -0.2) is 57.6 Å². The van der Waals surface area contributed by atoms with Crippen molar-refractivity contribution in [1.29, 1.82) is 0 Å². The van der Waals surface area contributed by atoms with E-state index >= 15 is 0 Å². The molecule has 1 atom stereocenters. The molecule has 3 aromatic heterocycles. The number of imidazole rings is 1. The van der Waals surface area contributed by atoms with Crippen molar-refractivity contribution in [2.24, 2.45) is 0 Å². The number of H-pyrrole nitrogens is 1. The fourth-order valence-electron chi connectivity index (χ4n) is 4.43. The minimum absolute atomic E-state index is 0.0234. The lowest BCUT2D eigenvalue weighted by atomic mass is 10.2. The molecule has 5 rings (SSSR count). The summed E-state index contributed by atoms with van der Waals surface area (Å²) in [5.41, 5.74) is 3.14. The molecule has 0 saturated carbocycles. The molecule has 1 N–H and O–H groups in total. The minimum Gasteiger partial charge on any atom is -0.493 e. The standard InChI is InChI=1S/C22H23N5O3/c1-13-24-17-5-4-9-23-21(17)27(13)14-8-10-26(12-14)22(28)18-11-15-16(25-18)6-7-19(29-2)20(15)30-3/h4-7,9,11,14,25H,8,10,12H2,1-3H3. The number of amides is 1. The third-order valence-electron chi connectivity index (χ3n) is 5.81. The van der Waals surface area contributed by atoms with Crippen LogP contribution in [0.2, 0.25) is 0 Å². The van der Waals surface area contributed by atoms with E-state index in [9.17, 15) is 4.79 Å². The average Bonchev–Trinajstić information content (AvgIpc) is 3.47. The van der Waals surface area contributed by atoms with Crippen LogP contribution in [0.25, 0.3) is 22.1 Å². The summed E-state index contributed by atoms with van der Waals surface area (Å²) in [4.78, 5) is 27.4. The highest BCUT2D eigenvalue weighted by atomic mass is 16.5. The minimum atomic E-state index is -0.0234. The van der Waals surface area contributed by atoms with Crippen molar-refractivity contribution < 1.29 is 14.3 Å². The fourth-order valence-corrected chi connectivity index (χ4v) is 4.43. The van der Waals surface area contributed by atoms with E-state index < -0.39 is 0 Å². The van der Waals surface area contributed by atoms with Gasteiger partial charge in [-0.25, -0.2) is 9.97 Å². The molecule has 1 amide bonds. The molecule has 4 heterocycles. The second-order valence-corrected chi connectivity index (χ2v) is 7.51. The number of methoxy groups -OCH3 is 2. The van der Waals surface area contributed by atoms with Crippen LogP contribution in [0.1, 0.15) is 28.8 Å². The average molecular weight is 405 g/mol. The lowest BCUT2D eigenvalue weighted by molar-refractivity contribution is 0.0783. The van der Waals surface area contributed by atoms with Crippen LogP contribution < -0.4 is 9.47 Å². The maximum Gasteiger partial charge on any atom is 0.270 e. The van der Waals surface area contributed by atoms with Gasteiger partial charge in [-0.05, 0) is 43.7 Å². The van der Waals surface area contributed by atoms with Gasteiger partial charge < -0.3 is 23.9 Å². The number of pyridine rings is 1. The van der Waals surface area contributed by atoms with E-state index in [1.54, 1.807) is 20.4 Å². The van der Waals surface area contributed by atoms with Crippen molar-refractivity contribution in [3.05, 3.63) is 48.0 Å². The number of ether oxygens (including phenoxy) is 2. The molecule has 1 aliphatic heterocycles. The Kier molecular flexibility index (Phi) is 4.34. The van der Waals surface area contributed by atoms with Crippen LogP contribution in [0.5, 0.6) is 11.5 Å². The van der Waals surface area contributed by atoms with Gasteiger partial charge in [0.1, 0.15) is 17.0 Å². The first-order chi connectivity index (χ1) is 14.6. The van der Waals surface area contributed by atoms with E-state index in [1.807, 2.05) is 42.2 Å². The number of benzene rings is 1. The van der Waals surface area contributed by atoms with Crippen molar-refractivity contribution in [3.8, 4) is 11.5 Å². The van der Waals surface area contributed by atoms with E-state index in [1.165, 1.54) is 0 Å². The Morgan fingerprint density at radius 1 is 1.23 bits per heavy atom. The Morgan fingerprint density at radius 2 is 2.10 bits per heavy atom. The zero-order chi connectivity index (χ0) is 20.8. The van der Waals surface area contributed by atoms with Gasteiger partial charge in [-0.3, -0.25) is 4.79 Å². The number of aryl methyl sites for hydroxylation is 1. The van der Waals surface area contributed by atoms with Gasteiger partial charge in [0.25, 0.3) is 5.91 Å². The number of fused-ring (bicyclic) bond motifs is 2. The number of likely N-dealkylation sites (tertiary alicyclic amines) is 1. The number of aromatic amines is 1. The molecular weight excluding hydrogens is 382 g/mol. The molecule has 4 aromatic rings. The highest BCUT2D eigenvalue weighted by molar-refractivity contribution is 6.00. The Labute approximate surface area is 173 Å². The number of aromatic nitrogens is 4. The van der Waals surface area contributed by atoms with Gasteiger partial charge in [0.2, 0.25) is 0 Å². The van der Waals surface area contributed by atoms with Crippen LogP contribution >= 0.6 is 0 Å². The van der Waals surface area contributed by atoms with Crippen LogP contribution in [0.3, 0.4) is 0 Å². The Bertz CT molecular complexity index is 1260. The SMILES string of the molecule is COc1ccc2[nH]c(C(=O)N3CCC(n4c(C)nc5cccnc54)C3)cc2c1OC. The number of carbonyl (C=O) groups is 1. The summed E-state index contributed by atoms with van der Waals surface area (Å²) in [5, 5.41) is 0.830. The van der Waals surface area contributed by atoms with Crippen LogP contribution in [-0.2, 0) is 0 Å². The van der Waals surface area contributed by atoms with Crippen LogP contribution in [0.15, 0.2) is 36.5 Å². The number of carbonyl (C=O) groups excluding carboxylic acids is 1. The summed E-state index contributed by atoms with van der Waals surface area (Å²) in [7, 11) is 3.20. The van der Waals surface area contributed by atoms with Gasteiger partial charge >= 0.3 is 0 Å². The molecule has 1 unspecified atom stereocenters. The Morgan fingerprint density at radius 3 is 2.90 bits per heavy atom. The predicted molar refractivity (Wildman–Crippen MR) is 113 cm³/mol. The number of rotatable bonds is 4. The first-order valence-electron chi connectivity index (χ1n) is 9.93. The zero-order valence-corrected chi connectivity index (χ0v) is 17.2. The quantitative estimate of drug-likeness (QED) is 0.563. The first-order valence-corrected chi connectivity index (χ1v) is 9.93. The fraction of sp³-hybridized carbons (Fsp3) is 0.318. The van der Waals surface area contributed by atoms with Gasteiger partial charge in [0.05, 0.1) is 25.8 Å². The van der Waals surface area contributed by atoms with E-state index in [4.69, 9.17) is 9.47 Å². The van der Waals surface area contributed by atoms with Crippen LogP contribution in [0, 0.1) is 6.92 Å². The highest BCUT2D eigenvalue weighted by Gasteiger charge is 2.31. The second kappa shape index (κ2) is 7.05. The van der Waals surface area contributed by atoms with Gasteiger partial charge in [0, 0.05) is 24.7 Å². The summed E-state index contributed by atoms with van der Waals surface area (Å²) in [5.74, 6) is 2.16. The third-order valence-corrected chi connectivity index (χ3v) is 5.81. The summed E-state index contributed by atoms with van der Waals surface area (Å²) in [6.07, 6.45) is 2.65. The molecule has 0 radical (unpaired) electrons. The molecule has 1 saturated heterocycles. The predicted octanol–water partition coefficient (Wildman–Crippen LogP) is 3.33. The summed E-state index contributed by atoms with van der Waals surface area (Å²) >= 11 is 0. The number of hydrogen-bond donors (Lipinski definition) is 1. The molecule has 1 fully saturated rings. The van der Waals surface area contributed by atoms with E-state index in [-0.39, 0.29) is 11.9 Å². The molecule has 8 nitrogen and oxygen atoms in total. The highest BCUT2D eigenvalue weighted by Crippen LogP contribution is 2.36. The maximum atomic E-state index is 13.2. The van der Waals surface area contributed by atoms with Crippen LogP contribution in [0.4, 0.5) is 0 Å². The van der Waals surface area contributed by atoms with Crippen molar-refractivity contribution in [1.82, 2.24) is 24.4 Å². The van der Waals surface area contributed by atoms with Crippen molar-refractivity contribution >= 4 is 28.0 Å². The van der Waals surface area contributed by atoms with E-state index in [0.29, 0.717) is 30.3 Å². The monoisotopic (exact) mass is 405 g/mol. The van der Waals surface area contributed by atoms with Gasteiger partial charge in [-0.2, -0.15) is 0 Å². The lowest BCUT2D eigenvalue weighted by Crippen LogP contribution is -2.29. The molecule has 0 spiro atoms. The summed E-state index contributed by atoms with van der Waals surface area (Å²) in [6, 6.07) is 9.59. The van der Waals surface area contributed by atoms with E-state index in [0.717, 1.165) is 34.3 Å². The largest absolute Gasteiger partial charge is 0.493 e. The molecule has 1 aliphatic rings. The van der Waals surface area contributed by atoms with E-state index in [2.05, 4.69) is 19.5 Å². The molecule has 0 bridgehead atoms. The molecule has 30 heavy (non-hydrogen) atoms. The van der Waals surface area contributed by atoms with Crippen molar-refractivity contribution in [3.63, 3.8) is 0 Å². The molecule has 1 aromatic carbocycles. The molecule has 0 aliphatic carbocycles. The lowest BCUT2D eigenvalue weighted by Gasteiger charge is -2.17. The first kappa shape index (κ1) is 18.5. The zero-order valence-electron chi connectivity index (χ0n) is 17.2. The number of nitrogens with one attached hydrogen (secondary N) is 1. The summed E-state index contributed by atoms with van der Waals surface area (Å²) in [6.45, 7) is 3.30. The molecule has 154 valence electrons. The molecular formula is C22H23N5O3.